The van der Waals surface area contributed by atoms with Crippen LogP contribution in [-0.2, 0) is 16.1 Å². The van der Waals surface area contributed by atoms with E-state index in [0.717, 1.165) is 4.90 Å². The van der Waals surface area contributed by atoms with Crippen molar-refractivity contribution in [3.05, 3.63) is 65.7 Å². The maximum Gasteiger partial charge on any atom is 0.460 e. The number of rotatable bonds is 17. The fourth-order valence-corrected chi connectivity index (χ4v) is 6.74. The van der Waals surface area contributed by atoms with Gasteiger partial charge in [0.1, 0.15) is 16.2 Å². The van der Waals surface area contributed by atoms with E-state index in [4.69, 9.17) is 21.1 Å². The van der Waals surface area contributed by atoms with E-state index in [0.29, 0.717) is 11.3 Å². The van der Waals surface area contributed by atoms with Crippen molar-refractivity contribution in [2.24, 2.45) is 0 Å². The summed E-state index contributed by atoms with van der Waals surface area (Å²) in [5, 5.41) is 0. The van der Waals surface area contributed by atoms with Gasteiger partial charge in [-0.3, -0.25) is 4.79 Å². The highest BCUT2D eigenvalue weighted by Gasteiger charge is 2.95. The molecule has 0 radical (unpaired) electrons. The number of hydrogen-bond acceptors (Lipinski definition) is 4. The second-order valence-electron chi connectivity index (χ2n) is 11.5. The number of methoxy groups -OCH3 is 2. The lowest BCUT2D eigenvalue weighted by atomic mass is 9.88. The maximum absolute atomic E-state index is 14.9. The highest BCUT2D eigenvalue weighted by atomic mass is 35.5. The maximum atomic E-state index is 14.9. The standard InChI is InChI=1S/C31H25ClF17NO3S/c1-52-18-7-5-17(6-8-18)16-50-21-15-19(53-2)9-10-20(21)23(22(50)51,11-3-4-13-32)54-14-12-24(33,34)25(35,36)26(37,38)27(39,40)28(41,42)29(43,44)30(45,46)31(47,48)49/h3-10,15H,11-14,16H2,1-2H3/b4-3-. The molecule has 0 bridgehead atoms. The van der Waals surface area contributed by atoms with Crippen LogP contribution in [0.3, 0.4) is 0 Å². The normalized spacial score (nSPS) is 18.1. The number of allylic oxidation sites excluding steroid dienone is 2. The third kappa shape index (κ3) is 7.13. The molecule has 4 nitrogen and oxygen atoms in total. The summed E-state index contributed by atoms with van der Waals surface area (Å²) in [6.07, 6.45) is -8.52. The van der Waals surface area contributed by atoms with Crippen LogP contribution < -0.4 is 14.4 Å². The summed E-state index contributed by atoms with van der Waals surface area (Å²) in [4.78, 5) is 15.2. The fourth-order valence-electron chi connectivity index (χ4n) is 5.13. The molecule has 0 spiro atoms. The second kappa shape index (κ2) is 15.0. The van der Waals surface area contributed by atoms with Crippen LogP contribution >= 0.6 is 23.4 Å². The van der Waals surface area contributed by atoms with Gasteiger partial charge < -0.3 is 14.4 Å². The Balaban J connectivity index is 2.03. The van der Waals surface area contributed by atoms with E-state index in [1.807, 2.05) is 0 Å². The molecule has 23 heteroatoms. The number of anilines is 1. The summed E-state index contributed by atoms with van der Waals surface area (Å²) in [6.45, 7) is -0.244. The molecule has 0 fully saturated rings. The number of ether oxygens (including phenoxy) is 2. The number of carbonyl (C=O) groups excluding carboxylic acids is 1. The average Bonchev–Trinajstić information content (AvgIpc) is 3.29. The number of thioether (sulfide) groups is 1. The van der Waals surface area contributed by atoms with Crippen LogP contribution in [0.4, 0.5) is 80.3 Å². The Morgan fingerprint density at radius 2 is 1.17 bits per heavy atom. The number of hydrogen-bond donors (Lipinski definition) is 0. The molecule has 2 aromatic rings. The lowest BCUT2D eigenvalue weighted by molar-refractivity contribution is -0.461. The summed E-state index contributed by atoms with van der Waals surface area (Å²) in [7, 11) is 2.60. The van der Waals surface area contributed by atoms with E-state index in [1.54, 1.807) is 0 Å². The summed E-state index contributed by atoms with van der Waals surface area (Å²) in [5.41, 5.74) is 0.495. The third-order valence-corrected chi connectivity index (χ3v) is 9.87. The molecule has 54 heavy (non-hydrogen) atoms. The minimum absolute atomic E-state index is 0.00885. The lowest BCUT2D eigenvalue weighted by Gasteiger charge is -2.42. The van der Waals surface area contributed by atoms with Crippen LogP contribution in [0.2, 0.25) is 0 Å². The van der Waals surface area contributed by atoms with E-state index < -0.39 is 76.9 Å². The second-order valence-corrected chi connectivity index (χ2v) is 13.2. The summed E-state index contributed by atoms with van der Waals surface area (Å²) < 4.78 is 243. The first-order chi connectivity index (χ1) is 24.5. The lowest BCUT2D eigenvalue weighted by Crippen LogP contribution is -2.74. The molecule has 1 aliphatic rings. The smallest absolute Gasteiger partial charge is 0.460 e. The van der Waals surface area contributed by atoms with Gasteiger partial charge in [-0.15, -0.1) is 23.4 Å². The number of alkyl halides is 18. The SMILES string of the molecule is COc1ccc(CN2C(=O)C(C/C=C\CCl)(SCCC(F)(F)C(F)(F)C(F)(F)C(F)(F)C(F)(F)C(F)(F)C(F)(F)C(F)(F)F)c3ccc(OC)cc32)cc1. The number of amides is 1. The molecule has 1 aliphatic heterocycles. The molecule has 0 saturated heterocycles. The van der Waals surface area contributed by atoms with Crippen LogP contribution in [0.15, 0.2) is 54.6 Å². The summed E-state index contributed by atoms with van der Waals surface area (Å²) in [5.74, 6) is -59.2. The van der Waals surface area contributed by atoms with E-state index >= 15 is 0 Å². The zero-order chi connectivity index (χ0) is 41.6. The minimum atomic E-state index is -8.72. The molecule has 1 amide bonds. The Morgan fingerprint density at radius 3 is 1.65 bits per heavy atom. The van der Waals surface area contributed by atoms with Crippen molar-refractivity contribution >= 4 is 35.0 Å². The molecular weight excluding hydrogens is 825 g/mol. The van der Waals surface area contributed by atoms with Gasteiger partial charge in [0.15, 0.2) is 0 Å². The molecule has 304 valence electrons. The van der Waals surface area contributed by atoms with Gasteiger partial charge in [-0.05, 0) is 30.2 Å². The molecule has 3 rings (SSSR count). The zero-order valence-electron chi connectivity index (χ0n) is 27.1. The third-order valence-electron chi connectivity index (χ3n) is 8.23. The Morgan fingerprint density at radius 1 is 0.685 bits per heavy atom. The highest BCUT2D eigenvalue weighted by Crippen LogP contribution is 2.64. The van der Waals surface area contributed by atoms with Gasteiger partial charge in [-0.2, -0.15) is 74.6 Å². The van der Waals surface area contributed by atoms with Gasteiger partial charge >= 0.3 is 47.6 Å². The van der Waals surface area contributed by atoms with E-state index in [-0.39, 0.29) is 41.2 Å². The van der Waals surface area contributed by atoms with Crippen molar-refractivity contribution in [2.75, 3.05) is 30.8 Å². The predicted octanol–water partition coefficient (Wildman–Crippen LogP) is 10.8. The summed E-state index contributed by atoms with van der Waals surface area (Å²) in [6, 6.07) is 9.91. The first kappa shape index (κ1) is 45.1. The van der Waals surface area contributed by atoms with Crippen LogP contribution in [0, 0.1) is 0 Å². The van der Waals surface area contributed by atoms with Gasteiger partial charge in [-0.25, -0.2) is 0 Å². The predicted molar refractivity (Wildman–Crippen MR) is 161 cm³/mol. The topological polar surface area (TPSA) is 38.8 Å². The molecule has 0 aliphatic carbocycles. The van der Waals surface area contributed by atoms with Crippen molar-refractivity contribution in [3.63, 3.8) is 0 Å². The highest BCUT2D eigenvalue weighted by molar-refractivity contribution is 8.01. The van der Waals surface area contributed by atoms with Crippen molar-refractivity contribution in [1.29, 1.82) is 0 Å². The Labute approximate surface area is 303 Å². The largest absolute Gasteiger partial charge is 0.497 e. The Bertz CT molecular complexity index is 1690. The van der Waals surface area contributed by atoms with Crippen LogP contribution in [-0.4, -0.2) is 79.4 Å². The van der Waals surface area contributed by atoms with E-state index in [2.05, 4.69) is 0 Å². The van der Waals surface area contributed by atoms with Gasteiger partial charge in [0, 0.05) is 29.7 Å². The van der Waals surface area contributed by atoms with Gasteiger partial charge in [-0.1, -0.05) is 30.4 Å². The zero-order valence-corrected chi connectivity index (χ0v) is 28.7. The fraction of sp³-hybridized carbons (Fsp3) is 0.516. The average molecular weight is 850 g/mol. The van der Waals surface area contributed by atoms with Crippen LogP contribution in [0.1, 0.15) is 24.0 Å². The Kier molecular flexibility index (Phi) is 12.5. The van der Waals surface area contributed by atoms with E-state index in [1.165, 1.54) is 68.8 Å². The molecule has 1 atom stereocenters. The van der Waals surface area contributed by atoms with E-state index in [9.17, 15) is 79.4 Å². The van der Waals surface area contributed by atoms with Gasteiger partial charge in [0.2, 0.25) is 5.91 Å². The molecule has 1 unspecified atom stereocenters. The molecule has 0 N–H and O–H groups in total. The first-order valence-corrected chi connectivity index (χ1v) is 16.2. The number of nitrogens with zero attached hydrogens (tertiary/aromatic N) is 1. The van der Waals surface area contributed by atoms with Gasteiger partial charge in [0.25, 0.3) is 0 Å². The van der Waals surface area contributed by atoms with Gasteiger partial charge in [0.05, 0.1) is 26.5 Å². The van der Waals surface area contributed by atoms with Crippen molar-refractivity contribution < 1.29 is 88.9 Å². The summed E-state index contributed by atoms with van der Waals surface area (Å²) >= 11 is 5.70. The molecule has 0 saturated carbocycles. The Hall–Kier alpha value is -3.30. The number of fused-ring (bicyclic) bond motifs is 1. The molecular formula is C31H25ClF17NO3S. The molecule has 1 heterocycles. The number of carbonyl (C=O) groups is 1. The number of benzene rings is 2. The van der Waals surface area contributed by atoms with Crippen LogP contribution in [0.5, 0.6) is 11.5 Å². The van der Waals surface area contributed by atoms with Crippen molar-refractivity contribution in [2.45, 2.75) is 71.8 Å². The quantitative estimate of drug-likeness (QED) is 0.0903. The molecule has 0 aromatic heterocycles. The monoisotopic (exact) mass is 849 g/mol. The molecule has 2 aromatic carbocycles. The van der Waals surface area contributed by atoms with Crippen LogP contribution in [0.25, 0.3) is 0 Å². The first-order valence-electron chi connectivity index (χ1n) is 14.7. The van der Waals surface area contributed by atoms with Crippen molar-refractivity contribution in [1.82, 2.24) is 0 Å². The number of halogens is 18. The minimum Gasteiger partial charge on any atom is -0.497 e. The van der Waals surface area contributed by atoms with Crippen molar-refractivity contribution in [3.8, 4) is 11.5 Å².